The number of thiol groups is 1. The molecule has 0 amide bonds. The van der Waals surface area contributed by atoms with Gasteiger partial charge in [-0.1, -0.05) is 226 Å². The van der Waals surface area contributed by atoms with E-state index in [4.69, 9.17) is 14.2 Å². The second-order valence-electron chi connectivity index (χ2n) is 19.8. The van der Waals surface area contributed by atoms with Crippen molar-refractivity contribution < 1.29 is 33.4 Å². The first kappa shape index (κ1) is 61.4. The molecule has 2 atom stereocenters. The monoisotopic (exact) mass is 910 g/mol. The molecule has 0 aromatic rings. The molecular formula is C54H103NO7S. The predicted molar refractivity (Wildman–Crippen MR) is 268 cm³/mol. The lowest BCUT2D eigenvalue weighted by molar-refractivity contribution is -0.185. The Morgan fingerprint density at radius 2 is 0.762 bits per heavy atom. The van der Waals surface area contributed by atoms with E-state index in [1.54, 1.807) is 20.8 Å². The lowest BCUT2D eigenvalue weighted by atomic mass is 9.99. The number of carbonyl (C=O) groups is 4. The molecule has 0 spiro atoms. The van der Waals surface area contributed by atoms with Gasteiger partial charge in [0.25, 0.3) is 0 Å². The van der Waals surface area contributed by atoms with Crippen LogP contribution >= 0.6 is 12.6 Å². The third-order valence-corrected chi connectivity index (χ3v) is 12.5. The molecule has 372 valence electrons. The number of carbonyl (C=O) groups excluding carboxylic acids is 4. The van der Waals surface area contributed by atoms with E-state index >= 15 is 0 Å². The minimum Gasteiger partial charge on any atom is -0.460 e. The van der Waals surface area contributed by atoms with Gasteiger partial charge in [0, 0.05) is 25.0 Å². The highest BCUT2D eigenvalue weighted by molar-refractivity contribution is 7.80. The van der Waals surface area contributed by atoms with Crippen LogP contribution in [0.4, 0.5) is 0 Å². The molecule has 0 saturated heterocycles. The topological polar surface area (TPSA) is 108 Å². The summed E-state index contributed by atoms with van der Waals surface area (Å²) in [5.74, 6) is -1.52. The van der Waals surface area contributed by atoms with E-state index in [0.717, 1.165) is 51.4 Å². The van der Waals surface area contributed by atoms with Crippen LogP contribution < -0.4 is 5.32 Å². The van der Waals surface area contributed by atoms with Crippen molar-refractivity contribution in [2.75, 3.05) is 12.4 Å². The highest BCUT2D eigenvalue weighted by Gasteiger charge is 2.42. The highest BCUT2D eigenvalue weighted by Crippen LogP contribution is 2.23. The molecule has 0 bridgehead atoms. The molecule has 0 aliphatic heterocycles. The van der Waals surface area contributed by atoms with Crippen LogP contribution in [0.3, 0.4) is 0 Å². The van der Waals surface area contributed by atoms with Crippen LogP contribution in [-0.4, -0.2) is 53.4 Å². The normalized spacial score (nSPS) is 13.1. The molecule has 0 aromatic carbocycles. The van der Waals surface area contributed by atoms with E-state index in [1.165, 1.54) is 161 Å². The Bertz CT molecular complexity index is 1090. The van der Waals surface area contributed by atoms with Gasteiger partial charge in [0.1, 0.15) is 24.0 Å². The summed E-state index contributed by atoms with van der Waals surface area (Å²) in [6.07, 6.45) is 42.1. The summed E-state index contributed by atoms with van der Waals surface area (Å²) in [6.45, 7) is 11.7. The number of nitrogens with one attached hydrogen (secondary N) is 1. The van der Waals surface area contributed by atoms with Crippen LogP contribution in [0.25, 0.3) is 0 Å². The lowest BCUT2D eigenvalue weighted by Crippen LogP contribution is -2.60. The molecule has 0 unspecified atom stereocenters. The molecule has 63 heavy (non-hydrogen) atoms. The number of hydrogen-bond acceptors (Lipinski definition) is 9. The highest BCUT2D eigenvalue weighted by atomic mass is 32.1. The summed E-state index contributed by atoms with van der Waals surface area (Å²) in [7, 11) is 0. The van der Waals surface area contributed by atoms with Crippen molar-refractivity contribution >= 4 is 36.3 Å². The van der Waals surface area contributed by atoms with Gasteiger partial charge in [0.15, 0.2) is 0 Å². The van der Waals surface area contributed by atoms with Gasteiger partial charge in [-0.25, -0.2) is 0 Å². The number of ether oxygens (including phenoxy) is 3. The van der Waals surface area contributed by atoms with Gasteiger partial charge in [-0.15, -0.1) is 0 Å². The molecule has 0 saturated carbocycles. The van der Waals surface area contributed by atoms with Crippen LogP contribution in [0.1, 0.15) is 292 Å². The molecule has 0 rings (SSSR count). The van der Waals surface area contributed by atoms with Gasteiger partial charge in [-0.2, -0.15) is 12.6 Å². The van der Waals surface area contributed by atoms with Crippen LogP contribution in [0.15, 0.2) is 0 Å². The maximum absolute atomic E-state index is 13.8. The first-order chi connectivity index (χ1) is 30.4. The number of ketones is 1. The SMILES string of the molecule is CCCCCCCCCCCCCCCC(=O)C[C@](COC(=O)CCCCCCCCCCCCCCC)(N[C@@H](CS)C(=O)OC(C)(C)C)OC(=O)CCCCCCCCCCC. The lowest BCUT2D eigenvalue weighted by Gasteiger charge is -2.36. The zero-order chi connectivity index (χ0) is 46.7. The summed E-state index contributed by atoms with van der Waals surface area (Å²) in [4.78, 5) is 54.0. The summed E-state index contributed by atoms with van der Waals surface area (Å²) in [5, 5.41) is 3.17. The summed E-state index contributed by atoms with van der Waals surface area (Å²) in [6, 6.07) is -1.00. The number of Topliss-reactive ketones (excluding diaryl/α,β-unsaturated/α-hetero) is 1. The number of hydrogen-bond donors (Lipinski definition) is 2. The van der Waals surface area contributed by atoms with Crippen molar-refractivity contribution in [2.24, 2.45) is 0 Å². The van der Waals surface area contributed by atoms with Gasteiger partial charge in [0.05, 0.1) is 6.42 Å². The molecule has 0 fully saturated rings. The quantitative estimate of drug-likeness (QED) is 0.0204. The molecule has 0 aliphatic carbocycles. The maximum atomic E-state index is 13.8. The van der Waals surface area contributed by atoms with E-state index in [9.17, 15) is 19.2 Å². The maximum Gasteiger partial charge on any atom is 0.324 e. The van der Waals surface area contributed by atoms with E-state index in [2.05, 4.69) is 38.7 Å². The fraction of sp³-hybridized carbons (Fsp3) is 0.926. The van der Waals surface area contributed by atoms with Gasteiger partial charge in [-0.3, -0.25) is 24.5 Å². The Morgan fingerprint density at radius 3 is 1.10 bits per heavy atom. The Balaban J connectivity index is 5.51. The molecule has 0 aliphatic rings. The van der Waals surface area contributed by atoms with Crippen molar-refractivity contribution in [1.29, 1.82) is 0 Å². The van der Waals surface area contributed by atoms with Crippen molar-refractivity contribution in [3.05, 3.63) is 0 Å². The predicted octanol–water partition coefficient (Wildman–Crippen LogP) is 15.8. The van der Waals surface area contributed by atoms with Crippen LogP contribution in [-0.2, 0) is 33.4 Å². The second-order valence-corrected chi connectivity index (χ2v) is 20.2. The average Bonchev–Trinajstić information content (AvgIpc) is 3.24. The third kappa shape index (κ3) is 40.4. The van der Waals surface area contributed by atoms with Crippen molar-refractivity contribution in [2.45, 2.75) is 309 Å². The molecule has 8 nitrogen and oxygen atoms in total. The molecule has 0 radical (unpaired) electrons. The molecule has 0 heterocycles. The number of unbranched alkanes of at least 4 members (excludes halogenated alkanes) is 32. The summed E-state index contributed by atoms with van der Waals surface area (Å²) >= 11 is 4.47. The smallest absolute Gasteiger partial charge is 0.324 e. The largest absolute Gasteiger partial charge is 0.460 e. The fourth-order valence-electron chi connectivity index (χ4n) is 8.26. The van der Waals surface area contributed by atoms with Crippen molar-refractivity contribution in [3.8, 4) is 0 Å². The Hall–Kier alpha value is -1.61. The van der Waals surface area contributed by atoms with E-state index in [0.29, 0.717) is 19.3 Å². The van der Waals surface area contributed by atoms with Crippen LogP contribution in [0.2, 0.25) is 0 Å². The average molecular weight is 910 g/mol. The zero-order valence-corrected chi connectivity index (χ0v) is 43.3. The standard InChI is InChI=1S/C54H103NO7S/c1-7-10-13-16-19-22-24-26-28-31-33-36-39-42-48(56)45-54(55-49(46-63)52(59)62-53(4,5)6,61-51(58)44-41-38-35-30-21-18-15-12-9-3)47-60-50(57)43-40-37-34-32-29-27-25-23-20-17-14-11-8-2/h49,55,63H,7-47H2,1-6H3/t49-,54-/m0/s1. The summed E-state index contributed by atoms with van der Waals surface area (Å²) < 4.78 is 17.8. The molecule has 9 heteroatoms. The van der Waals surface area contributed by atoms with E-state index < -0.39 is 35.3 Å². The first-order valence-corrected chi connectivity index (χ1v) is 27.6. The van der Waals surface area contributed by atoms with Crippen LogP contribution in [0, 0.1) is 0 Å². The van der Waals surface area contributed by atoms with Gasteiger partial charge < -0.3 is 14.2 Å². The van der Waals surface area contributed by atoms with Crippen molar-refractivity contribution in [3.63, 3.8) is 0 Å². The summed E-state index contributed by atoms with van der Waals surface area (Å²) in [5.41, 5.74) is -2.49. The van der Waals surface area contributed by atoms with Gasteiger partial charge >= 0.3 is 17.9 Å². The number of esters is 3. The van der Waals surface area contributed by atoms with E-state index in [-0.39, 0.29) is 37.4 Å². The Labute approximate surface area is 395 Å². The Morgan fingerprint density at radius 1 is 0.444 bits per heavy atom. The first-order valence-electron chi connectivity index (χ1n) is 26.9. The van der Waals surface area contributed by atoms with E-state index in [1.807, 2.05) is 0 Å². The molecular weight excluding hydrogens is 807 g/mol. The molecule has 0 aromatic heterocycles. The fourth-order valence-corrected chi connectivity index (χ4v) is 8.50. The van der Waals surface area contributed by atoms with Crippen LogP contribution in [0.5, 0.6) is 0 Å². The Kier molecular flexibility index (Phi) is 41.9. The minimum atomic E-state index is -1.72. The minimum absolute atomic E-state index is 0.0341. The zero-order valence-electron chi connectivity index (χ0n) is 42.4. The number of rotatable bonds is 47. The van der Waals surface area contributed by atoms with Gasteiger partial charge in [-0.05, 0) is 40.0 Å². The molecule has 1 N–H and O–H groups in total. The van der Waals surface area contributed by atoms with Gasteiger partial charge in [0.2, 0.25) is 5.72 Å². The van der Waals surface area contributed by atoms with Crippen molar-refractivity contribution in [1.82, 2.24) is 5.32 Å². The third-order valence-electron chi connectivity index (χ3n) is 12.1. The second kappa shape index (κ2) is 43.0.